The lowest BCUT2D eigenvalue weighted by atomic mass is 10.1. The summed E-state index contributed by atoms with van der Waals surface area (Å²) < 4.78 is 0. The Hall–Kier alpha value is -1.17. The number of carbonyl (C=O) groups excluding carboxylic acids is 1. The molecule has 0 spiro atoms. The van der Waals surface area contributed by atoms with Crippen LogP contribution in [0, 0.1) is 0 Å². The molecule has 1 N–H and O–H groups in total. The van der Waals surface area contributed by atoms with Crippen molar-refractivity contribution in [2.45, 2.75) is 32.4 Å². The summed E-state index contributed by atoms with van der Waals surface area (Å²) in [5.74, 6) is 0.144. The molecule has 2 aromatic heterocycles. The smallest absolute Gasteiger partial charge is 0.239 e. The monoisotopic (exact) mass is 322 g/mol. The Kier molecular flexibility index (Phi) is 5.96. The van der Waals surface area contributed by atoms with Crippen LogP contribution in [-0.4, -0.2) is 30.4 Å². The number of nitrogens with one attached hydrogen (secondary N) is 1. The molecule has 0 aliphatic rings. The molecule has 2 aromatic rings. The fourth-order valence-corrected chi connectivity index (χ4v) is 3.76. The molecule has 0 saturated heterocycles. The molecule has 0 bridgehead atoms. The van der Waals surface area contributed by atoms with E-state index in [0.717, 1.165) is 13.0 Å². The first-order valence-electron chi connectivity index (χ1n) is 7.18. The molecule has 1 amide bonds. The predicted octanol–water partition coefficient (Wildman–Crippen LogP) is 3.55. The van der Waals surface area contributed by atoms with Gasteiger partial charge in [-0.15, -0.1) is 22.7 Å². The van der Waals surface area contributed by atoms with Crippen LogP contribution in [0.3, 0.4) is 0 Å². The maximum Gasteiger partial charge on any atom is 0.239 e. The number of carbonyl (C=O) groups is 1. The van der Waals surface area contributed by atoms with E-state index in [1.807, 2.05) is 20.9 Å². The number of rotatable bonds is 7. The van der Waals surface area contributed by atoms with Crippen molar-refractivity contribution in [3.63, 3.8) is 0 Å². The summed E-state index contributed by atoms with van der Waals surface area (Å²) in [6.45, 7) is 4.68. The van der Waals surface area contributed by atoms with Crippen molar-refractivity contribution in [1.29, 1.82) is 0 Å². The van der Waals surface area contributed by atoms with Gasteiger partial charge in [-0.1, -0.05) is 12.1 Å². The SMILES string of the molecule is CCN(C)C(=O)C(C)NC(Cc1cccs1)c1cccs1. The number of hydrogen-bond donors (Lipinski definition) is 1. The van der Waals surface area contributed by atoms with Crippen molar-refractivity contribution in [3.05, 3.63) is 44.8 Å². The van der Waals surface area contributed by atoms with E-state index in [1.165, 1.54) is 9.75 Å². The molecule has 0 aliphatic heterocycles. The third-order valence-electron chi connectivity index (χ3n) is 3.54. The van der Waals surface area contributed by atoms with Gasteiger partial charge in [0.1, 0.15) is 0 Å². The van der Waals surface area contributed by atoms with E-state index in [4.69, 9.17) is 0 Å². The van der Waals surface area contributed by atoms with Crippen LogP contribution < -0.4 is 5.32 Å². The van der Waals surface area contributed by atoms with E-state index >= 15 is 0 Å². The lowest BCUT2D eigenvalue weighted by Crippen LogP contribution is -2.44. The lowest BCUT2D eigenvalue weighted by Gasteiger charge is -2.25. The van der Waals surface area contributed by atoms with Gasteiger partial charge >= 0.3 is 0 Å². The maximum absolute atomic E-state index is 12.3. The Morgan fingerprint density at radius 3 is 2.57 bits per heavy atom. The summed E-state index contributed by atoms with van der Waals surface area (Å²) in [4.78, 5) is 16.6. The Bertz CT molecular complexity index is 537. The second-order valence-electron chi connectivity index (χ2n) is 5.09. The Morgan fingerprint density at radius 1 is 1.29 bits per heavy atom. The van der Waals surface area contributed by atoms with Gasteiger partial charge in [-0.2, -0.15) is 0 Å². The van der Waals surface area contributed by atoms with E-state index < -0.39 is 0 Å². The van der Waals surface area contributed by atoms with Gasteiger partial charge < -0.3 is 4.90 Å². The van der Waals surface area contributed by atoms with Crippen molar-refractivity contribution in [3.8, 4) is 0 Å². The highest BCUT2D eigenvalue weighted by molar-refractivity contribution is 7.10. The van der Waals surface area contributed by atoms with Crippen LogP contribution in [0.1, 0.15) is 29.6 Å². The molecule has 2 unspecified atom stereocenters. The molecule has 114 valence electrons. The van der Waals surface area contributed by atoms with Crippen molar-refractivity contribution < 1.29 is 4.79 Å². The fourth-order valence-electron chi connectivity index (χ4n) is 2.22. The van der Waals surface area contributed by atoms with Gasteiger partial charge in [0, 0.05) is 35.8 Å². The minimum atomic E-state index is -0.179. The summed E-state index contributed by atoms with van der Waals surface area (Å²) in [5, 5.41) is 7.68. The highest BCUT2D eigenvalue weighted by atomic mass is 32.1. The zero-order valence-corrected chi connectivity index (χ0v) is 14.3. The van der Waals surface area contributed by atoms with E-state index in [0.29, 0.717) is 0 Å². The number of thiophene rings is 2. The zero-order valence-electron chi connectivity index (χ0n) is 12.7. The lowest BCUT2D eigenvalue weighted by molar-refractivity contribution is -0.131. The van der Waals surface area contributed by atoms with Crippen molar-refractivity contribution in [1.82, 2.24) is 10.2 Å². The minimum absolute atomic E-state index is 0.144. The molecule has 0 aromatic carbocycles. The standard InChI is InChI=1S/C16H22N2OS2/c1-4-18(3)16(19)12(2)17-14(15-8-6-10-21-15)11-13-7-5-9-20-13/h5-10,12,14,17H,4,11H2,1-3H3. The molecule has 2 heterocycles. The molecule has 0 radical (unpaired) electrons. The van der Waals surface area contributed by atoms with Gasteiger partial charge in [0.15, 0.2) is 0 Å². The highest BCUT2D eigenvalue weighted by Crippen LogP contribution is 2.25. The quantitative estimate of drug-likeness (QED) is 0.845. The van der Waals surface area contributed by atoms with E-state index in [2.05, 4.69) is 40.3 Å². The summed E-state index contributed by atoms with van der Waals surface area (Å²) in [7, 11) is 1.85. The van der Waals surface area contributed by atoms with Crippen LogP contribution in [0.25, 0.3) is 0 Å². The van der Waals surface area contributed by atoms with Crippen LogP contribution in [0.4, 0.5) is 0 Å². The highest BCUT2D eigenvalue weighted by Gasteiger charge is 2.22. The van der Waals surface area contributed by atoms with E-state index in [-0.39, 0.29) is 18.0 Å². The first-order chi connectivity index (χ1) is 10.1. The minimum Gasteiger partial charge on any atom is -0.345 e. The molecular formula is C16H22N2OS2. The molecule has 0 saturated carbocycles. The number of hydrogen-bond acceptors (Lipinski definition) is 4. The van der Waals surface area contributed by atoms with Gasteiger partial charge in [-0.25, -0.2) is 0 Å². The van der Waals surface area contributed by atoms with Crippen molar-refractivity contribution >= 4 is 28.6 Å². The second kappa shape index (κ2) is 7.73. The molecule has 21 heavy (non-hydrogen) atoms. The molecule has 5 heteroatoms. The maximum atomic E-state index is 12.3. The van der Waals surface area contributed by atoms with E-state index in [9.17, 15) is 4.79 Å². The number of likely N-dealkylation sites (N-methyl/N-ethyl adjacent to an activating group) is 1. The summed E-state index contributed by atoms with van der Waals surface area (Å²) >= 11 is 3.50. The average molecular weight is 322 g/mol. The summed E-state index contributed by atoms with van der Waals surface area (Å²) in [5.41, 5.74) is 0. The van der Waals surface area contributed by atoms with Crippen LogP contribution >= 0.6 is 22.7 Å². The molecule has 3 nitrogen and oxygen atoms in total. The van der Waals surface area contributed by atoms with E-state index in [1.54, 1.807) is 27.6 Å². The van der Waals surface area contributed by atoms with Crippen LogP contribution in [-0.2, 0) is 11.2 Å². The summed E-state index contributed by atoms with van der Waals surface area (Å²) in [6, 6.07) is 8.43. The number of nitrogens with zero attached hydrogens (tertiary/aromatic N) is 1. The molecule has 0 fully saturated rings. The summed E-state index contributed by atoms with van der Waals surface area (Å²) in [6.07, 6.45) is 0.922. The van der Waals surface area contributed by atoms with Gasteiger partial charge in [-0.3, -0.25) is 10.1 Å². The van der Waals surface area contributed by atoms with Crippen molar-refractivity contribution in [2.75, 3.05) is 13.6 Å². The second-order valence-corrected chi connectivity index (χ2v) is 7.10. The van der Waals surface area contributed by atoms with Gasteiger partial charge in [0.25, 0.3) is 0 Å². The Morgan fingerprint density at radius 2 is 2.00 bits per heavy atom. The normalized spacial score (nSPS) is 13.9. The van der Waals surface area contributed by atoms with Gasteiger partial charge in [0.2, 0.25) is 5.91 Å². The fraction of sp³-hybridized carbons (Fsp3) is 0.438. The predicted molar refractivity (Wildman–Crippen MR) is 91.0 cm³/mol. The van der Waals surface area contributed by atoms with Gasteiger partial charge in [-0.05, 0) is 36.7 Å². The average Bonchev–Trinajstić information content (AvgIpc) is 3.17. The van der Waals surface area contributed by atoms with Crippen LogP contribution in [0.5, 0.6) is 0 Å². The largest absolute Gasteiger partial charge is 0.345 e. The van der Waals surface area contributed by atoms with Crippen LogP contribution in [0.2, 0.25) is 0 Å². The topological polar surface area (TPSA) is 32.3 Å². The van der Waals surface area contributed by atoms with Crippen molar-refractivity contribution in [2.24, 2.45) is 0 Å². The number of amides is 1. The van der Waals surface area contributed by atoms with Crippen LogP contribution in [0.15, 0.2) is 35.0 Å². The van der Waals surface area contributed by atoms with Gasteiger partial charge in [0.05, 0.1) is 6.04 Å². The molecule has 2 atom stereocenters. The third-order valence-corrected chi connectivity index (χ3v) is 5.43. The Balaban J connectivity index is 2.07. The first-order valence-corrected chi connectivity index (χ1v) is 8.94. The molecular weight excluding hydrogens is 300 g/mol. The first kappa shape index (κ1) is 16.2. The zero-order chi connectivity index (χ0) is 15.2. The third kappa shape index (κ3) is 4.40. The molecule has 0 aliphatic carbocycles. The molecule has 2 rings (SSSR count). The Labute approximate surface area is 134 Å².